The summed E-state index contributed by atoms with van der Waals surface area (Å²) in [5, 5.41) is 4.73. The summed E-state index contributed by atoms with van der Waals surface area (Å²) >= 11 is 1.21. The van der Waals surface area contributed by atoms with Gasteiger partial charge in [-0.3, -0.25) is 14.4 Å². The number of thiophene rings is 1. The van der Waals surface area contributed by atoms with E-state index in [0.717, 1.165) is 24.0 Å². The molecule has 0 unspecified atom stereocenters. The summed E-state index contributed by atoms with van der Waals surface area (Å²) in [7, 11) is -1.37. The van der Waals surface area contributed by atoms with Crippen LogP contribution in [0.2, 0.25) is 0 Å². The van der Waals surface area contributed by atoms with Crippen LogP contribution in [0.3, 0.4) is 0 Å². The quantitative estimate of drug-likeness (QED) is 0.331. The van der Waals surface area contributed by atoms with Crippen molar-refractivity contribution in [2.75, 3.05) is 23.8 Å². The van der Waals surface area contributed by atoms with Crippen molar-refractivity contribution in [1.82, 2.24) is 0 Å². The second-order valence-electron chi connectivity index (χ2n) is 6.95. The second-order valence-corrected chi connectivity index (χ2v) is 12.0. The fourth-order valence-corrected chi connectivity index (χ4v) is 9.00. The average Bonchev–Trinajstić information content (AvgIpc) is 3.23. The molecule has 1 aromatic carbocycles. The molecule has 4 nitrogen and oxygen atoms in total. The summed E-state index contributed by atoms with van der Waals surface area (Å²) in [6, 6.07) is 10.4. The van der Waals surface area contributed by atoms with Crippen molar-refractivity contribution in [3.05, 3.63) is 51.7 Å². The van der Waals surface area contributed by atoms with Crippen molar-refractivity contribution in [3.8, 4) is 0 Å². The van der Waals surface area contributed by atoms with Gasteiger partial charge in [-0.15, -0.1) is 11.3 Å². The molecule has 0 aliphatic carbocycles. The monoisotopic (exact) mass is 388 g/mol. The third-order valence-electron chi connectivity index (χ3n) is 4.92. The van der Waals surface area contributed by atoms with E-state index in [-0.39, 0.29) is 5.91 Å². The Bertz CT molecular complexity index is 810. The van der Waals surface area contributed by atoms with Crippen LogP contribution in [0.15, 0.2) is 35.7 Å². The van der Waals surface area contributed by atoms with Gasteiger partial charge < -0.3 is 5.32 Å². The maximum atomic E-state index is 12.8. The third-order valence-corrected chi connectivity index (χ3v) is 10.6. The van der Waals surface area contributed by atoms with Crippen LogP contribution in [0.1, 0.15) is 33.6 Å². The van der Waals surface area contributed by atoms with Gasteiger partial charge in [0.25, 0.3) is 5.91 Å². The molecule has 26 heavy (non-hydrogen) atoms. The topological polar surface area (TPSA) is 63.2 Å². The van der Waals surface area contributed by atoms with Gasteiger partial charge in [-0.2, -0.15) is 0 Å². The van der Waals surface area contributed by atoms with E-state index in [1.54, 1.807) is 5.38 Å². The Labute approximate surface area is 158 Å². The molecule has 136 valence electrons. The highest BCUT2D eigenvalue weighted by Crippen LogP contribution is 2.65. The van der Waals surface area contributed by atoms with E-state index in [1.807, 2.05) is 25.1 Å². The highest BCUT2D eigenvalue weighted by Gasteiger charge is 2.43. The summed E-state index contributed by atoms with van der Waals surface area (Å²) in [6.07, 6.45) is 6.55. The van der Waals surface area contributed by atoms with Gasteiger partial charge in [0.2, 0.25) is 5.78 Å². The fraction of sp³-hybridized carbons (Fsp3) is 0.350. The van der Waals surface area contributed by atoms with Crippen LogP contribution in [0, 0.1) is 6.92 Å². The summed E-state index contributed by atoms with van der Waals surface area (Å²) in [5.74, 6) is -0.606. The van der Waals surface area contributed by atoms with E-state index in [2.05, 4.69) is 17.4 Å². The van der Waals surface area contributed by atoms with Gasteiger partial charge in [0.05, 0.1) is 24.2 Å². The average molecular weight is 388 g/mol. The Morgan fingerprint density at radius 1 is 1.19 bits per heavy atom. The molecule has 3 rings (SSSR count). The number of amides is 1. The van der Waals surface area contributed by atoms with Gasteiger partial charge in [-0.05, 0) is 36.3 Å². The van der Waals surface area contributed by atoms with Crippen molar-refractivity contribution in [2.45, 2.75) is 25.9 Å². The minimum atomic E-state index is -1.37. The Balaban J connectivity index is 1.75. The largest absolute Gasteiger partial charge is 0.321 e. The number of aryl methyl sites for hydroxylation is 1. The fourth-order valence-electron chi connectivity index (χ4n) is 3.67. The third kappa shape index (κ3) is 4.28. The van der Waals surface area contributed by atoms with Crippen molar-refractivity contribution in [2.24, 2.45) is 0 Å². The van der Waals surface area contributed by atoms with Crippen molar-refractivity contribution >= 4 is 42.3 Å². The highest BCUT2D eigenvalue weighted by molar-refractivity contribution is 7.76. The second kappa shape index (κ2) is 8.24. The van der Waals surface area contributed by atoms with E-state index < -0.39 is 13.0 Å². The first-order chi connectivity index (χ1) is 12.5. The van der Waals surface area contributed by atoms with Gasteiger partial charge in [0.1, 0.15) is 11.0 Å². The van der Waals surface area contributed by atoms with Crippen molar-refractivity contribution in [1.29, 1.82) is 0 Å². The number of carbonyl (C=O) groups excluding carboxylic acids is 3. The Hall–Kier alpha value is -1.84. The number of carbonyl (C=O) groups is 3. The van der Waals surface area contributed by atoms with Crippen molar-refractivity contribution in [3.63, 3.8) is 0 Å². The predicted molar refractivity (Wildman–Crippen MR) is 109 cm³/mol. The van der Waals surface area contributed by atoms with Crippen LogP contribution in [0.4, 0.5) is 5.69 Å². The summed E-state index contributed by atoms with van der Waals surface area (Å²) in [6.45, 7) is 1.85. The van der Waals surface area contributed by atoms with Gasteiger partial charge >= 0.3 is 0 Å². The zero-order valence-corrected chi connectivity index (χ0v) is 16.6. The molecule has 0 bridgehead atoms. The molecule has 0 saturated carbocycles. The minimum absolute atomic E-state index is 0.0300. The smallest absolute Gasteiger partial charge is 0.261 e. The first kappa shape index (κ1) is 18.9. The summed E-state index contributed by atoms with van der Waals surface area (Å²) in [4.78, 5) is 35.7. The molecule has 0 radical (unpaired) electrons. The molecule has 2 aromatic rings. The van der Waals surface area contributed by atoms with Gasteiger partial charge in [-0.1, -0.05) is 30.3 Å². The number of nitrogens with one attached hydrogen (secondary N) is 1. The van der Waals surface area contributed by atoms with Gasteiger partial charge in [0.15, 0.2) is 6.29 Å². The zero-order valence-electron chi connectivity index (χ0n) is 14.9. The van der Waals surface area contributed by atoms with Crippen LogP contribution in [0.5, 0.6) is 0 Å². The number of ketones is 1. The maximum absolute atomic E-state index is 12.8. The molecular weight excluding hydrogens is 365 g/mol. The molecular formula is C20H23NO3PS+. The van der Waals surface area contributed by atoms with Crippen LogP contribution in [-0.2, 0) is 15.8 Å². The predicted octanol–water partition coefficient (Wildman–Crippen LogP) is 4.39. The van der Waals surface area contributed by atoms with Gasteiger partial charge in [-0.25, -0.2) is 0 Å². The minimum Gasteiger partial charge on any atom is -0.321 e. The van der Waals surface area contributed by atoms with E-state index in [1.165, 1.54) is 29.7 Å². The lowest BCUT2D eigenvalue weighted by Crippen LogP contribution is -2.22. The molecule has 0 atom stereocenters. The number of rotatable bonds is 7. The first-order valence-electron chi connectivity index (χ1n) is 8.79. The van der Waals surface area contributed by atoms with Crippen LogP contribution >= 0.6 is 18.6 Å². The molecule has 1 N–H and O–H groups in total. The molecule has 1 fully saturated rings. The lowest BCUT2D eigenvalue weighted by Gasteiger charge is -2.22. The van der Waals surface area contributed by atoms with Gasteiger partial charge in [0, 0.05) is 7.26 Å². The lowest BCUT2D eigenvalue weighted by atomic mass is 10.2. The lowest BCUT2D eigenvalue weighted by molar-refractivity contribution is -0.114. The van der Waals surface area contributed by atoms with Crippen LogP contribution in [-0.4, -0.2) is 36.5 Å². The van der Waals surface area contributed by atoms with E-state index in [0.29, 0.717) is 23.0 Å². The molecule has 6 heteroatoms. The Kier molecular flexibility index (Phi) is 6.00. The molecule has 1 aliphatic heterocycles. The van der Waals surface area contributed by atoms with Crippen LogP contribution < -0.4 is 5.32 Å². The maximum Gasteiger partial charge on any atom is 0.261 e. The zero-order chi connectivity index (χ0) is 18.6. The number of benzene rings is 1. The van der Waals surface area contributed by atoms with E-state index in [9.17, 15) is 14.4 Å². The number of anilines is 1. The number of Topliss-reactive ketones (excluding diaryl/α,β-unsaturated/α-hetero) is 1. The first-order valence-corrected chi connectivity index (χ1v) is 12.2. The van der Waals surface area contributed by atoms with E-state index >= 15 is 0 Å². The Morgan fingerprint density at radius 2 is 1.88 bits per heavy atom. The van der Waals surface area contributed by atoms with Crippen molar-refractivity contribution < 1.29 is 14.4 Å². The number of hydrogen-bond donors (Lipinski definition) is 1. The molecule has 1 saturated heterocycles. The SMILES string of the molecule is Cc1csc(C(=O)C=O)c1NC(=O)C[P+]1(Cc2ccccc2)CCCC1. The summed E-state index contributed by atoms with van der Waals surface area (Å²) < 4.78 is 0. The molecule has 0 spiro atoms. The molecule has 2 heterocycles. The van der Waals surface area contributed by atoms with Crippen LogP contribution in [0.25, 0.3) is 0 Å². The van der Waals surface area contributed by atoms with E-state index in [4.69, 9.17) is 0 Å². The highest BCUT2D eigenvalue weighted by atomic mass is 32.1. The Morgan fingerprint density at radius 3 is 2.54 bits per heavy atom. The summed E-state index contributed by atoms with van der Waals surface area (Å²) in [5.41, 5.74) is 2.64. The standard InChI is InChI=1S/C20H22NO3PS/c1-15-14-26-20(17(23)11-22)19(15)21-18(24)13-25(9-5-6-10-25)12-16-7-3-2-4-8-16/h2-4,7-8,11,14H,5-6,9-10,12-13H2,1H3/p+1. The number of aldehydes is 1. The molecule has 1 amide bonds. The number of hydrogen-bond acceptors (Lipinski definition) is 4. The normalized spacial score (nSPS) is 15.6. The molecule has 1 aliphatic rings. The molecule has 1 aromatic heterocycles.